The molecule has 3 heteroatoms. The molecule has 0 N–H and O–H groups in total. The van der Waals surface area contributed by atoms with Gasteiger partial charge in [0.1, 0.15) is 25.4 Å². The predicted octanol–water partition coefficient (Wildman–Crippen LogP) is 2.14. The molecule has 76 valence electrons. The Hall–Kier alpha value is -1.48. The summed E-state index contributed by atoms with van der Waals surface area (Å²) in [6.45, 7) is 1.27. The van der Waals surface area contributed by atoms with E-state index in [9.17, 15) is 0 Å². The van der Waals surface area contributed by atoms with Gasteiger partial charge in [-0.15, -0.1) is 0 Å². The second kappa shape index (κ2) is 2.55. The van der Waals surface area contributed by atoms with Gasteiger partial charge in [0.05, 0.1) is 0 Å². The highest BCUT2D eigenvalue weighted by Crippen LogP contribution is 2.52. The van der Waals surface area contributed by atoms with Crippen molar-refractivity contribution < 1.29 is 14.2 Å². The van der Waals surface area contributed by atoms with Crippen molar-refractivity contribution in [3.05, 3.63) is 35.4 Å². The van der Waals surface area contributed by atoms with Crippen LogP contribution in [0.15, 0.2) is 24.3 Å². The molecule has 3 aliphatic rings. The zero-order valence-electron chi connectivity index (χ0n) is 8.10. The third-order valence-corrected chi connectivity index (χ3v) is 3.13. The van der Waals surface area contributed by atoms with Gasteiger partial charge in [-0.05, 0) is 11.6 Å². The van der Waals surface area contributed by atoms with Crippen molar-refractivity contribution in [2.24, 2.45) is 0 Å². The first-order chi connectivity index (χ1) is 7.43. The molecular weight excluding hydrogens is 192 g/mol. The molecule has 3 aliphatic heterocycles. The molecule has 0 saturated heterocycles. The number of rotatable bonds is 0. The van der Waals surface area contributed by atoms with Gasteiger partial charge in [0.25, 0.3) is 0 Å². The van der Waals surface area contributed by atoms with E-state index >= 15 is 0 Å². The number of hydrogen-bond acceptors (Lipinski definition) is 3. The van der Waals surface area contributed by atoms with E-state index in [4.69, 9.17) is 14.2 Å². The second-order valence-electron chi connectivity index (χ2n) is 3.95. The minimum atomic E-state index is 0.0710. The zero-order valence-corrected chi connectivity index (χ0v) is 8.10. The topological polar surface area (TPSA) is 27.7 Å². The van der Waals surface area contributed by atoms with Crippen LogP contribution in [0.25, 0.3) is 0 Å². The van der Waals surface area contributed by atoms with Crippen molar-refractivity contribution in [3.63, 3.8) is 0 Å². The highest BCUT2D eigenvalue weighted by atomic mass is 16.6. The monoisotopic (exact) mass is 202 g/mol. The van der Waals surface area contributed by atoms with Crippen LogP contribution >= 0.6 is 0 Å². The molecule has 0 aliphatic carbocycles. The van der Waals surface area contributed by atoms with Crippen LogP contribution in [0, 0.1) is 0 Å². The molecule has 0 radical (unpaired) electrons. The number of benzene rings is 1. The molecule has 0 aromatic heterocycles. The molecule has 1 aromatic carbocycles. The first kappa shape index (κ1) is 7.77. The lowest BCUT2D eigenvalue weighted by Crippen LogP contribution is -2.17. The summed E-state index contributed by atoms with van der Waals surface area (Å²) in [6, 6.07) is 4.06. The van der Waals surface area contributed by atoms with Crippen molar-refractivity contribution in [1.82, 2.24) is 0 Å². The van der Waals surface area contributed by atoms with Gasteiger partial charge in [-0.2, -0.15) is 0 Å². The summed E-state index contributed by atoms with van der Waals surface area (Å²) in [6.07, 6.45) is 4.39. The van der Waals surface area contributed by atoms with Gasteiger partial charge in [0.2, 0.25) is 0 Å². The van der Waals surface area contributed by atoms with E-state index in [-0.39, 0.29) is 12.2 Å². The van der Waals surface area contributed by atoms with Gasteiger partial charge in [0.15, 0.2) is 11.5 Å². The number of fused-ring (bicyclic) bond motifs is 7. The van der Waals surface area contributed by atoms with E-state index in [2.05, 4.69) is 18.2 Å². The lowest BCUT2D eigenvalue weighted by molar-refractivity contribution is 0.0854. The van der Waals surface area contributed by atoms with E-state index in [1.807, 2.05) is 6.07 Å². The van der Waals surface area contributed by atoms with Crippen LogP contribution in [-0.4, -0.2) is 13.2 Å². The lowest BCUT2D eigenvalue weighted by atomic mass is 9.95. The zero-order chi connectivity index (χ0) is 9.83. The Balaban J connectivity index is 1.97. The molecule has 2 unspecified atom stereocenters. The molecule has 1 aromatic rings. The molecule has 0 amide bonds. The van der Waals surface area contributed by atoms with E-state index in [0.29, 0.717) is 13.2 Å². The Morgan fingerprint density at radius 2 is 1.87 bits per heavy atom. The third-order valence-electron chi connectivity index (χ3n) is 3.13. The number of hydrogen-bond donors (Lipinski definition) is 0. The van der Waals surface area contributed by atoms with Crippen molar-refractivity contribution in [2.45, 2.75) is 12.2 Å². The van der Waals surface area contributed by atoms with Crippen molar-refractivity contribution in [2.75, 3.05) is 13.2 Å². The predicted molar refractivity (Wildman–Crippen MR) is 53.1 cm³/mol. The maximum atomic E-state index is 5.76. The molecule has 4 rings (SSSR count). The lowest BCUT2D eigenvalue weighted by Gasteiger charge is -2.22. The van der Waals surface area contributed by atoms with Crippen LogP contribution in [0.5, 0.6) is 11.5 Å². The summed E-state index contributed by atoms with van der Waals surface area (Å²) in [5.74, 6) is 1.74. The van der Waals surface area contributed by atoms with E-state index in [1.165, 1.54) is 11.1 Å². The Bertz CT molecular complexity index is 464. The van der Waals surface area contributed by atoms with Crippen molar-refractivity contribution in [1.29, 1.82) is 0 Å². The third kappa shape index (κ3) is 0.887. The van der Waals surface area contributed by atoms with Gasteiger partial charge >= 0.3 is 0 Å². The Kier molecular flexibility index (Phi) is 1.32. The Morgan fingerprint density at radius 1 is 1.00 bits per heavy atom. The van der Waals surface area contributed by atoms with Crippen LogP contribution < -0.4 is 9.47 Å². The van der Waals surface area contributed by atoms with Gasteiger partial charge in [-0.25, -0.2) is 0 Å². The summed E-state index contributed by atoms with van der Waals surface area (Å²) >= 11 is 0. The van der Waals surface area contributed by atoms with Gasteiger partial charge in [0, 0.05) is 5.56 Å². The standard InChI is InChI=1S/C12H10O3/c1-2-10-12(14-6-5-13-10)11-7(1)8-3-4-9(11)15-8/h1-4,8-9H,5-6H2. The van der Waals surface area contributed by atoms with E-state index in [1.54, 1.807) is 0 Å². The van der Waals surface area contributed by atoms with Crippen LogP contribution in [0.2, 0.25) is 0 Å². The van der Waals surface area contributed by atoms with Crippen LogP contribution in [0.3, 0.4) is 0 Å². The smallest absolute Gasteiger partial charge is 0.167 e. The molecule has 2 bridgehead atoms. The van der Waals surface area contributed by atoms with Crippen molar-refractivity contribution in [3.8, 4) is 11.5 Å². The fourth-order valence-electron chi connectivity index (χ4n) is 2.49. The van der Waals surface area contributed by atoms with E-state index < -0.39 is 0 Å². The fraction of sp³-hybridized carbons (Fsp3) is 0.333. The molecule has 0 saturated carbocycles. The Morgan fingerprint density at radius 3 is 2.87 bits per heavy atom. The van der Waals surface area contributed by atoms with Crippen LogP contribution in [-0.2, 0) is 4.74 Å². The minimum absolute atomic E-state index is 0.0710. The molecule has 2 atom stereocenters. The minimum Gasteiger partial charge on any atom is -0.486 e. The second-order valence-corrected chi connectivity index (χ2v) is 3.95. The summed E-state index contributed by atoms with van der Waals surface area (Å²) in [7, 11) is 0. The normalized spacial score (nSPS) is 29.3. The first-order valence-corrected chi connectivity index (χ1v) is 5.20. The average molecular weight is 202 g/mol. The highest BCUT2D eigenvalue weighted by molar-refractivity contribution is 5.58. The summed E-state index contributed by atoms with van der Waals surface area (Å²) in [5, 5.41) is 0. The summed E-state index contributed by atoms with van der Waals surface area (Å²) in [5.41, 5.74) is 2.39. The molecule has 0 fully saturated rings. The summed E-state index contributed by atoms with van der Waals surface area (Å²) < 4.78 is 17.0. The quantitative estimate of drug-likeness (QED) is 0.603. The molecular formula is C12H10O3. The highest BCUT2D eigenvalue weighted by Gasteiger charge is 2.38. The van der Waals surface area contributed by atoms with Crippen molar-refractivity contribution >= 4 is 0 Å². The number of ether oxygens (including phenoxy) is 3. The Labute approximate surface area is 87.3 Å². The SMILES string of the molecule is C1=CC2OC1c1ccc3c(c12)OCCO3. The average Bonchev–Trinajstić information content (AvgIpc) is 2.89. The van der Waals surface area contributed by atoms with E-state index in [0.717, 1.165) is 11.5 Å². The summed E-state index contributed by atoms with van der Waals surface area (Å²) in [4.78, 5) is 0. The fourth-order valence-corrected chi connectivity index (χ4v) is 2.49. The maximum absolute atomic E-state index is 5.76. The largest absolute Gasteiger partial charge is 0.486 e. The molecule has 3 nitrogen and oxygen atoms in total. The van der Waals surface area contributed by atoms with Gasteiger partial charge in [-0.1, -0.05) is 18.2 Å². The van der Waals surface area contributed by atoms with Crippen LogP contribution in [0.1, 0.15) is 23.3 Å². The molecule has 0 spiro atoms. The first-order valence-electron chi connectivity index (χ1n) is 5.20. The molecule has 3 heterocycles. The van der Waals surface area contributed by atoms with Gasteiger partial charge in [-0.3, -0.25) is 0 Å². The molecule has 15 heavy (non-hydrogen) atoms. The van der Waals surface area contributed by atoms with Gasteiger partial charge < -0.3 is 14.2 Å². The van der Waals surface area contributed by atoms with Crippen LogP contribution in [0.4, 0.5) is 0 Å². The maximum Gasteiger partial charge on any atom is 0.167 e.